The molecular formula is C17H21F2N5O2. The number of amides is 1. The minimum Gasteiger partial charge on any atom is -0.365 e. The highest BCUT2D eigenvalue weighted by molar-refractivity contribution is 5.88. The van der Waals surface area contributed by atoms with Crippen molar-refractivity contribution in [2.24, 2.45) is 7.05 Å². The summed E-state index contributed by atoms with van der Waals surface area (Å²) in [5.74, 6) is -2.12. The van der Waals surface area contributed by atoms with E-state index in [1.807, 2.05) is 28.8 Å². The van der Waals surface area contributed by atoms with Gasteiger partial charge in [0.1, 0.15) is 17.8 Å². The Morgan fingerprint density at radius 1 is 1.27 bits per heavy atom. The van der Waals surface area contributed by atoms with Gasteiger partial charge in [0.15, 0.2) is 6.10 Å². The predicted octanol–water partition coefficient (Wildman–Crippen LogP) is 1.43. The summed E-state index contributed by atoms with van der Waals surface area (Å²) in [5.41, 5.74) is 0.822. The van der Waals surface area contributed by atoms with Crippen molar-refractivity contribution in [1.29, 1.82) is 0 Å². The van der Waals surface area contributed by atoms with Crippen molar-refractivity contribution in [1.82, 2.24) is 19.4 Å². The third-order valence-corrected chi connectivity index (χ3v) is 5.09. The molecule has 2 fully saturated rings. The smallest absolute Gasteiger partial charge is 0.253 e. The number of anilines is 1. The van der Waals surface area contributed by atoms with Gasteiger partial charge < -0.3 is 19.1 Å². The summed E-state index contributed by atoms with van der Waals surface area (Å²) < 4.78 is 34.2. The first kappa shape index (κ1) is 17.1. The Hall–Kier alpha value is -2.29. The number of aryl methyl sites for hydroxylation is 1. The van der Waals surface area contributed by atoms with E-state index in [1.165, 1.54) is 11.2 Å². The third kappa shape index (κ3) is 3.11. The summed E-state index contributed by atoms with van der Waals surface area (Å²) in [5, 5.41) is 0.917. The Morgan fingerprint density at radius 2 is 2.04 bits per heavy atom. The second-order valence-corrected chi connectivity index (χ2v) is 6.85. The number of hydrogen-bond donors (Lipinski definition) is 0. The molecule has 0 bridgehead atoms. The molecular weight excluding hydrogens is 344 g/mol. The monoisotopic (exact) mass is 365 g/mol. The van der Waals surface area contributed by atoms with Crippen LogP contribution < -0.4 is 4.90 Å². The van der Waals surface area contributed by atoms with Crippen LogP contribution in [-0.2, 0) is 16.6 Å². The number of carbonyl (C=O) groups excluding carboxylic acids is 1. The summed E-state index contributed by atoms with van der Waals surface area (Å²) in [6.45, 7) is 1.50. The van der Waals surface area contributed by atoms with Gasteiger partial charge in [-0.15, -0.1) is 0 Å². The summed E-state index contributed by atoms with van der Waals surface area (Å²) in [6, 6.07) is 1.95. The van der Waals surface area contributed by atoms with Crippen LogP contribution in [0.2, 0.25) is 0 Å². The van der Waals surface area contributed by atoms with E-state index >= 15 is 0 Å². The predicted molar refractivity (Wildman–Crippen MR) is 91.2 cm³/mol. The number of nitrogens with zero attached hydrogens (tertiary/aromatic N) is 5. The molecule has 0 N–H and O–H groups in total. The van der Waals surface area contributed by atoms with E-state index in [1.54, 1.807) is 0 Å². The van der Waals surface area contributed by atoms with Crippen LogP contribution in [0.3, 0.4) is 0 Å². The van der Waals surface area contributed by atoms with Crippen LogP contribution >= 0.6 is 0 Å². The number of morpholine rings is 1. The van der Waals surface area contributed by atoms with Crippen molar-refractivity contribution >= 4 is 22.8 Å². The molecule has 2 aromatic heterocycles. The SMILES string of the molecule is Cn1ccc2c(N3CCOC(C(=O)N4CCC(F)(F)CC4)C3)ncnc21. The van der Waals surface area contributed by atoms with E-state index < -0.39 is 12.0 Å². The molecule has 0 aromatic carbocycles. The number of carbonyl (C=O) groups is 1. The molecule has 0 spiro atoms. The van der Waals surface area contributed by atoms with Crippen molar-refractivity contribution in [2.75, 3.05) is 37.7 Å². The number of rotatable bonds is 2. The average molecular weight is 365 g/mol. The lowest BCUT2D eigenvalue weighted by Crippen LogP contribution is -2.53. The molecule has 2 saturated heterocycles. The van der Waals surface area contributed by atoms with Crippen LogP contribution in [0, 0.1) is 0 Å². The molecule has 0 radical (unpaired) electrons. The summed E-state index contributed by atoms with van der Waals surface area (Å²) in [6.07, 6.45) is 2.19. The van der Waals surface area contributed by atoms with Crippen LogP contribution in [-0.4, -0.2) is 70.2 Å². The van der Waals surface area contributed by atoms with Gasteiger partial charge in [0.25, 0.3) is 11.8 Å². The molecule has 4 heterocycles. The zero-order valence-corrected chi connectivity index (χ0v) is 14.6. The van der Waals surface area contributed by atoms with Gasteiger partial charge >= 0.3 is 0 Å². The summed E-state index contributed by atoms with van der Waals surface area (Å²) >= 11 is 0. The summed E-state index contributed by atoms with van der Waals surface area (Å²) in [4.78, 5) is 24.9. The maximum Gasteiger partial charge on any atom is 0.253 e. The summed E-state index contributed by atoms with van der Waals surface area (Å²) in [7, 11) is 1.91. The lowest BCUT2D eigenvalue weighted by atomic mass is 10.1. The molecule has 9 heteroatoms. The molecule has 0 aliphatic carbocycles. The maximum absolute atomic E-state index is 13.3. The van der Waals surface area contributed by atoms with Crippen LogP contribution in [0.25, 0.3) is 11.0 Å². The molecule has 26 heavy (non-hydrogen) atoms. The maximum atomic E-state index is 13.3. The Kier molecular flexibility index (Phi) is 4.26. The van der Waals surface area contributed by atoms with Crippen molar-refractivity contribution in [2.45, 2.75) is 24.9 Å². The number of ether oxygens (including phenoxy) is 1. The second-order valence-electron chi connectivity index (χ2n) is 6.85. The normalized spacial score (nSPS) is 23.4. The number of hydrogen-bond acceptors (Lipinski definition) is 5. The van der Waals surface area contributed by atoms with Gasteiger partial charge in [0.05, 0.1) is 18.5 Å². The van der Waals surface area contributed by atoms with E-state index in [9.17, 15) is 13.6 Å². The van der Waals surface area contributed by atoms with Gasteiger partial charge in [0, 0.05) is 45.7 Å². The van der Waals surface area contributed by atoms with E-state index in [4.69, 9.17) is 4.74 Å². The molecule has 2 aliphatic rings. The minimum absolute atomic E-state index is 0.0716. The Morgan fingerprint density at radius 3 is 2.81 bits per heavy atom. The van der Waals surface area contributed by atoms with Crippen molar-refractivity contribution in [3.8, 4) is 0 Å². The van der Waals surface area contributed by atoms with Gasteiger partial charge in [-0.1, -0.05) is 0 Å². The molecule has 2 aromatic rings. The molecule has 140 valence electrons. The lowest BCUT2D eigenvalue weighted by Gasteiger charge is -2.38. The van der Waals surface area contributed by atoms with E-state index in [0.29, 0.717) is 19.7 Å². The van der Waals surface area contributed by atoms with Crippen LogP contribution in [0.1, 0.15) is 12.8 Å². The third-order valence-electron chi connectivity index (χ3n) is 5.09. The first-order chi connectivity index (χ1) is 12.4. The van der Waals surface area contributed by atoms with Gasteiger partial charge in [-0.2, -0.15) is 0 Å². The lowest BCUT2D eigenvalue weighted by molar-refractivity contribution is -0.150. The van der Waals surface area contributed by atoms with Crippen molar-refractivity contribution in [3.05, 3.63) is 18.6 Å². The second kappa shape index (κ2) is 6.46. The van der Waals surface area contributed by atoms with Crippen molar-refractivity contribution < 1.29 is 18.3 Å². The zero-order chi connectivity index (χ0) is 18.3. The Labute approximate surface area is 149 Å². The fourth-order valence-corrected chi connectivity index (χ4v) is 3.57. The van der Waals surface area contributed by atoms with Crippen LogP contribution in [0.15, 0.2) is 18.6 Å². The fraction of sp³-hybridized carbons (Fsp3) is 0.588. The standard InChI is InChI=1S/C17H21F2N5O2/c1-22-5-2-12-14(22)20-11-21-15(12)24-8-9-26-13(10-24)16(25)23-6-3-17(18,19)4-7-23/h2,5,11,13H,3-4,6-10H2,1H3. The molecule has 2 aliphatic heterocycles. The zero-order valence-electron chi connectivity index (χ0n) is 14.6. The van der Waals surface area contributed by atoms with E-state index in [2.05, 4.69) is 9.97 Å². The highest BCUT2D eigenvalue weighted by atomic mass is 19.3. The molecule has 1 amide bonds. The van der Waals surface area contributed by atoms with Gasteiger partial charge in [-0.05, 0) is 6.07 Å². The first-order valence-electron chi connectivity index (χ1n) is 8.74. The number of fused-ring (bicyclic) bond motifs is 1. The number of likely N-dealkylation sites (tertiary alicyclic amines) is 1. The Balaban J connectivity index is 1.50. The molecule has 7 nitrogen and oxygen atoms in total. The van der Waals surface area contributed by atoms with Crippen LogP contribution in [0.4, 0.5) is 14.6 Å². The topological polar surface area (TPSA) is 63.5 Å². The number of aromatic nitrogens is 3. The van der Waals surface area contributed by atoms with E-state index in [0.717, 1.165) is 16.9 Å². The fourth-order valence-electron chi connectivity index (χ4n) is 3.57. The highest BCUT2D eigenvalue weighted by Crippen LogP contribution is 2.29. The minimum atomic E-state index is -2.67. The molecule has 1 atom stereocenters. The highest BCUT2D eigenvalue weighted by Gasteiger charge is 2.38. The quantitative estimate of drug-likeness (QED) is 0.806. The van der Waals surface area contributed by atoms with E-state index in [-0.39, 0.29) is 31.8 Å². The van der Waals surface area contributed by atoms with Gasteiger partial charge in [-0.25, -0.2) is 18.7 Å². The van der Waals surface area contributed by atoms with Gasteiger partial charge in [0.2, 0.25) is 0 Å². The largest absolute Gasteiger partial charge is 0.365 e. The Bertz CT molecular complexity index is 815. The van der Waals surface area contributed by atoms with Crippen molar-refractivity contribution in [3.63, 3.8) is 0 Å². The number of alkyl halides is 2. The average Bonchev–Trinajstić information content (AvgIpc) is 3.03. The molecule has 4 rings (SSSR count). The molecule has 0 saturated carbocycles. The van der Waals surface area contributed by atoms with Gasteiger partial charge in [-0.3, -0.25) is 4.79 Å². The number of halogens is 2. The molecule has 1 unspecified atom stereocenters. The number of piperidine rings is 1. The van der Waals surface area contributed by atoms with Crippen LogP contribution in [0.5, 0.6) is 0 Å². The first-order valence-corrected chi connectivity index (χ1v) is 8.74.